The standard InChI is InChI=1S/C21H21NO/c1-4-21(2,3)15-22-19-12-8-6-10-17(19)14-13-16-9-5-7-11-18(16)20(22)23/h5-12H,4,15H2,1-3H3. The van der Waals surface area contributed by atoms with E-state index in [9.17, 15) is 4.79 Å². The summed E-state index contributed by atoms with van der Waals surface area (Å²) in [6.45, 7) is 7.22. The van der Waals surface area contributed by atoms with Gasteiger partial charge in [0.15, 0.2) is 0 Å². The van der Waals surface area contributed by atoms with Crippen LogP contribution in [0.25, 0.3) is 0 Å². The Hall–Kier alpha value is -2.53. The number of carbonyl (C=O) groups is 1. The smallest absolute Gasteiger partial charge is 0.259 e. The summed E-state index contributed by atoms with van der Waals surface area (Å²) in [4.78, 5) is 15.1. The number of para-hydroxylation sites is 1. The van der Waals surface area contributed by atoms with Crippen molar-refractivity contribution in [3.05, 3.63) is 65.2 Å². The molecule has 0 spiro atoms. The number of hydrogen-bond acceptors (Lipinski definition) is 1. The van der Waals surface area contributed by atoms with Crippen LogP contribution in [0.5, 0.6) is 0 Å². The van der Waals surface area contributed by atoms with Gasteiger partial charge in [0.05, 0.1) is 11.3 Å². The second kappa shape index (κ2) is 5.93. The van der Waals surface area contributed by atoms with Crippen molar-refractivity contribution in [2.45, 2.75) is 27.2 Å². The zero-order chi connectivity index (χ0) is 16.4. The van der Waals surface area contributed by atoms with Gasteiger partial charge < -0.3 is 4.90 Å². The highest BCUT2D eigenvalue weighted by Gasteiger charge is 2.28. The van der Waals surface area contributed by atoms with Gasteiger partial charge in [0.25, 0.3) is 5.91 Å². The molecule has 1 amide bonds. The Morgan fingerprint density at radius 1 is 0.957 bits per heavy atom. The minimum Gasteiger partial charge on any atom is -0.307 e. The van der Waals surface area contributed by atoms with Crippen LogP contribution in [0.1, 0.15) is 48.7 Å². The molecule has 1 aliphatic rings. The van der Waals surface area contributed by atoms with Crippen LogP contribution in [-0.4, -0.2) is 12.5 Å². The van der Waals surface area contributed by atoms with Crippen LogP contribution >= 0.6 is 0 Å². The highest BCUT2D eigenvalue weighted by molar-refractivity contribution is 6.09. The molecule has 2 nitrogen and oxygen atoms in total. The summed E-state index contributed by atoms with van der Waals surface area (Å²) in [5.74, 6) is 6.41. The third-order valence-electron chi connectivity index (χ3n) is 4.47. The third kappa shape index (κ3) is 3.00. The number of carbonyl (C=O) groups excluding carboxylic acids is 1. The molecule has 0 bridgehead atoms. The fraction of sp³-hybridized carbons (Fsp3) is 0.286. The summed E-state index contributed by atoms with van der Waals surface area (Å²) < 4.78 is 0. The minimum absolute atomic E-state index is 0.0311. The first-order valence-corrected chi connectivity index (χ1v) is 8.04. The maximum Gasteiger partial charge on any atom is 0.259 e. The van der Waals surface area contributed by atoms with Gasteiger partial charge in [0.1, 0.15) is 0 Å². The Balaban J connectivity index is 2.19. The van der Waals surface area contributed by atoms with Gasteiger partial charge in [-0.25, -0.2) is 0 Å². The average molecular weight is 303 g/mol. The second-order valence-corrected chi connectivity index (χ2v) is 6.72. The molecular formula is C21H21NO. The van der Waals surface area contributed by atoms with E-state index >= 15 is 0 Å². The van der Waals surface area contributed by atoms with Crippen molar-refractivity contribution < 1.29 is 4.79 Å². The molecule has 3 rings (SSSR count). The van der Waals surface area contributed by atoms with E-state index in [0.29, 0.717) is 12.1 Å². The van der Waals surface area contributed by atoms with Gasteiger partial charge in [-0.2, -0.15) is 0 Å². The molecule has 0 aromatic heterocycles. The zero-order valence-electron chi connectivity index (χ0n) is 13.9. The number of rotatable bonds is 3. The molecule has 1 heterocycles. The van der Waals surface area contributed by atoms with Crippen LogP contribution in [0.3, 0.4) is 0 Å². The van der Waals surface area contributed by atoms with Crippen LogP contribution in [0, 0.1) is 17.3 Å². The predicted molar refractivity (Wildman–Crippen MR) is 94.6 cm³/mol. The molecule has 0 N–H and O–H groups in total. The SMILES string of the molecule is CCC(C)(C)CN1C(=O)c2ccccc2C#Cc2ccccc21. The first-order valence-electron chi connectivity index (χ1n) is 8.04. The van der Waals surface area contributed by atoms with Crippen LogP contribution in [-0.2, 0) is 0 Å². The topological polar surface area (TPSA) is 20.3 Å². The molecule has 1 aliphatic heterocycles. The van der Waals surface area contributed by atoms with Crippen molar-refractivity contribution in [1.29, 1.82) is 0 Å². The van der Waals surface area contributed by atoms with Crippen molar-refractivity contribution in [2.24, 2.45) is 5.41 Å². The lowest BCUT2D eigenvalue weighted by molar-refractivity contribution is 0.0975. The van der Waals surface area contributed by atoms with E-state index in [2.05, 4.69) is 32.6 Å². The van der Waals surface area contributed by atoms with E-state index in [4.69, 9.17) is 0 Å². The molecule has 0 unspecified atom stereocenters. The summed E-state index contributed by atoms with van der Waals surface area (Å²) in [6.07, 6.45) is 1.01. The van der Waals surface area contributed by atoms with Crippen LogP contribution in [0.2, 0.25) is 0 Å². The van der Waals surface area contributed by atoms with E-state index in [1.54, 1.807) is 0 Å². The van der Waals surface area contributed by atoms with Crippen molar-refractivity contribution in [3.63, 3.8) is 0 Å². The van der Waals surface area contributed by atoms with E-state index in [0.717, 1.165) is 23.2 Å². The van der Waals surface area contributed by atoms with E-state index < -0.39 is 0 Å². The molecule has 2 aromatic carbocycles. The lowest BCUT2D eigenvalue weighted by Gasteiger charge is -2.33. The van der Waals surface area contributed by atoms with E-state index in [1.165, 1.54) is 0 Å². The van der Waals surface area contributed by atoms with Crippen LogP contribution in [0.4, 0.5) is 5.69 Å². The summed E-state index contributed by atoms with van der Waals surface area (Å²) in [5, 5.41) is 0. The van der Waals surface area contributed by atoms with Crippen molar-refractivity contribution in [2.75, 3.05) is 11.4 Å². The molecule has 0 radical (unpaired) electrons. The Bertz CT molecular complexity index is 808. The van der Waals surface area contributed by atoms with Crippen molar-refractivity contribution in [1.82, 2.24) is 0 Å². The van der Waals surface area contributed by atoms with Gasteiger partial charge in [-0.3, -0.25) is 4.79 Å². The maximum atomic E-state index is 13.2. The summed E-state index contributed by atoms with van der Waals surface area (Å²) in [7, 11) is 0. The fourth-order valence-electron chi connectivity index (χ4n) is 2.68. The monoisotopic (exact) mass is 303 g/mol. The number of anilines is 1. The number of hydrogen-bond donors (Lipinski definition) is 0. The molecule has 0 saturated carbocycles. The first-order chi connectivity index (χ1) is 11.0. The Kier molecular flexibility index (Phi) is 3.96. The molecule has 0 saturated heterocycles. The van der Waals surface area contributed by atoms with Gasteiger partial charge in [0, 0.05) is 17.7 Å². The Morgan fingerprint density at radius 3 is 2.30 bits per heavy atom. The maximum absolute atomic E-state index is 13.2. The van der Waals surface area contributed by atoms with E-state index in [-0.39, 0.29) is 11.3 Å². The fourth-order valence-corrected chi connectivity index (χ4v) is 2.68. The minimum atomic E-state index is 0.0311. The first kappa shape index (κ1) is 15.4. The van der Waals surface area contributed by atoms with Gasteiger partial charge in [0.2, 0.25) is 0 Å². The average Bonchev–Trinajstić information content (AvgIpc) is 2.57. The Morgan fingerprint density at radius 2 is 1.57 bits per heavy atom. The van der Waals surface area contributed by atoms with E-state index in [1.807, 2.05) is 53.4 Å². The van der Waals surface area contributed by atoms with Gasteiger partial charge in [-0.15, -0.1) is 0 Å². The molecule has 0 fully saturated rings. The lowest BCUT2D eigenvalue weighted by Crippen LogP contribution is -2.40. The molecule has 23 heavy (non-hydrogen) atoms. The van der Waals surface area contributed by atoms with Crippen molar-refractivity contribution in [3.8, 4) is 11.8 Å². The number of nitrogens with zero attached hydrogens (tertiary/aromatic N) is 1. The number of fused-ring (bicyclic) bond motifs is 2. The molecular weight excluding hydrogens is 282 g/mol. The van der Waals surface area contributed by atoms with Crippen molar-refractivity contribution >= 4 is 11.6 Å². The third-order valence-corrected chi connectivity index (χ3v) is 4.47. The van der Waals surface area contributed by atoms with Crippen LogP contribution in [0.15, 0.2) is 48.5 Å². The Labute approximate surface area is 138 Å². The summed E-state index contributed by atoms with van der Waals surface area (Å²) in [6, 6.07) is 15.5. The highest BCUT2D eigenvalue weighted by atomic mass is 16.2. The molecule has 0 aliphatic carbocycles. The predicted octanol–water partition coefficient (Wildman–Crippen LogP) is 4.48. The second-order valence-electron chi connectivity index (χ2n) is 6.72. The van der Waals surface area contributed by atoms with Gasteiger partial charge in [-0.1, -0.05) is 56.9 Å². The summed E-state index contributed by atoms with van der Waals surface area (Å²) in [5.41, 5.74) is 3.33. The number of amides is 1. The van der Waals surface area contributed by atoms with Crippen LogP contribution < -0.4 is 4.90 Å². The zero-order valence-corrected chi connectivity index (χ0v) is 13.9. The van der Waals surface area contributed by atoms with Gasteiger partial charge >= 0.3 is 0 Å². The summed E-state index contributed by atoms with van der Waals surface area (Å²) >= 11 is 0. The quantitative estimate of drug-likeness (QED) is 0.765. The lowest BCUT2D eigenvalue weighted by atomic mass is 9.88. The molecule has 2 aromatic rings. The normalized spacial score (nSPS) is 13.3. The number of benzene rings is 2. The highest BCUT2D eigenvalue weighted by Crippen LogP contribution is 2.30. The largest absolute Gasteiger partial charge is 0.307 e. The molecule has 116 valence electrons. The molecule has 0 atom stereocenters. The molecule has 2 heteroatoms. The van der Waals surface area contributed by atoms with Gasteiger partial charge in [-0.05, 0) is 36.1 Å².